The van der Waals surface area contributed by atoms with Gasteiger partial charge in [0.15, 0.2) is 0 Å². The molecule has 18 heavy (non-hydrogen) atoms. The van der Waals surface area contributed by atoms with E-state index in [0.717, 1.165) is 50.9 Å². The summed E-state index contributed by atoms with van der Waals surface area (Å²) in [4.78, 5) is 0. The first kappa shape index (κ1) is 12.0. The van der Waals surface area contributed by atoms with Gasteiger partial charge in [0.05, 0.1) is 6.61 Å². The van der Waals surface area contributed by atoms with E-state index in [4.69, 9.17) is 4.74 Å². The van der Waals surface area contributed by atoms with E-state index in [0.29, 0.717) is 0 Å². The van der Waals surface area contributed by atoms with Gasteiger partial charge in [-0.3, -0.25) is 0 Å². The molecular formula is C15H22N2O. The van der Waals surface area contributed by atoms with Gasteiger partial charge in [-0.25, -0.2) is 0 Å². The lowest BCUT2D eigenvalue weighted by molar-refractivity contribution is 0.213. The molecule has 3 heteroatoms. The Morgan fingerprint density at radius 2 is 2.00 bits per heavy atom. The van der Waals surface area contributed by atoms with Gasteiger partial charge in [-0.15, -0.1) is 0 Å². The molecule has 0 amide bonds. The van der Waals surface area contributed by atoms with E-state index >= 15 is 0 Å². The van der Waals surface area contributed by atoms with Crippen LogP contribution < -0.4 is 15.4 Å². The van der Waals surface area contributed by atoms with Gasteiger partial charge < -0.3 is 15.4 Å². The Hall–Kier alpha value is -1.06. The van der Waals surface area contributed by atoms with Crippen LogP contribution >= 0.6 is 0 Å². The second-order valence-electron chi connectivity index (χ2n) is 5.32. The molecule has 2 N–H and O–H groups in total. The molecule has 98 valence electrons. The highest BCUT2D eigenvalue weighted by atomic mass is 16.5. The molecular weight excluding hydrogens is 224 g/mol. The van der Waals surface area contributed by atoms with Crippen molar-refractivity contribution in [3.8, 4) is 5.75 Å². The third-order valence-corrected chi connectivity index (χ3v) is 4.04. The highest BCUT2D eigenvalue weighted by molar-refractivity contribution is 5.41. The van der Waals surface area contributed by atoms with Crippen molar-refractivity contribution < 1.29 is 4.74 Å². The molecule has 0 aliphatic carbocycles. The van der Waals surface area contributed by atoms with Crippen molar-refractivity contribution in [3.63, 3.8) is 0 Å². The first-order chi connectivity index (χ1) is 8.93. The minimum Gasteiger partial charge on any atom is -0.493 e. The van der Waals surface area contributed by atoms with Crippen molar-refractivity contribution in [3.05, 3.63) is 29.3 Å². The van der Waals surface area contributed by atoms with Crippen LogP contribution in [0.1, 0.15) is 24.0 Å². The molecule has 3 nitrogen and oxygen atoms in total. The van der Waals surface area contributed by atoms with E-state index in [2.05, 4.69) is 28.8 Å². The lowest BCUT2D eigenvalue weighted by atomic mass is 9.98. The standard InChI is InChI=1S/C15H22N2O/c1-2-13-6-9-17-10-14(13)15(3-1)18-11-12-4-7-16-8-5-12/h1-3,12,16-17H,4-11H2. The highest BCUT2D eigenvalue weighted by Crippen LogP contribution is 2.26. The molecule has 1 saturated heterocycles. The smallest absolute Gasteiger partial charge is 0.124 e. The van der Waals surface area contributed by atoms with Crippen molar-refractivity contribution in [2.45, 2.75) is 25.8 Å². The van der Waals surface area contributed by atoms with Crippen LogP contribution in [0.2, 0.25) is 0 Å². The minimum atomic E-state index is 0.721. The van der Waals surface area contributed by atoms with E-state index in [9.17, 15) is 0 Å². The number of rotatable bonds is 3. The highest BCUT2D eigenvalue weighted by Gasteiger charge is 2.16. The normalized spacial score (nSPS) is 20.4. The van der Waals surface area contributed by atoms with E-state index in [-0.39, 0.29) is 0 Å². The Morgan fingerprint density at radius 1 is 1.11 bits per heavy atom. The van der Waals surface area contributed by atoms with Gasteiger partial charge >= 0.3 is 0 Å². The van der Waals surface area contributed by atoms with Crippen molar-refractivity contribution >= 4 is 0 Å². The number of fused-ring (bicyclic) bond motifs is 1. The zero-order valence-electron chi connectivity index (χ0n) is 10.9. The van der Waals surface area contributed by atoms with Crippen molar-refractivity contribution in [2.24, 2.45) is 5.92 Å². The number of piperidine rings is 1. The molecule has 0 saturated carbocycles. The number of hydrogen-bond donors (Lipinski definition) is 2. The fourth-order valence-electron chi connectivity index (χ4n) is 2.87. The predicted molar refractivity (Wildman–Crippen MR) is 72.9 cm³/mol. The maximum absolute atomic E-state index is 6.08. The summed E-state index contributed by atoms with van der Waals surface area (Å²) in [5, 5.41) is 6.83. The number of hydrogen-bond acceptors (Lipinski definition) is 3. The Morgan fingerprint density at radius 3 is 2.89 bits per heavy atom. The number of ether oxygens (including phenoxy) is 1. The van der Waals surface area contributed by atoms with Gasteiger partial charge in [0.1, 0.15) is 5.75 Å². The van der Waals surface area contributed by atoms with Crippen LogP contribution in [0.3, 0.4) is 0 Å². The molecule has 0 radical (unpaired) electrons. The van der Waals surface area contributed by atoms with Crippen LogP contribution in [0.25, 0.3) is 0 Å². The molecule has 0 spiro atoms. The third kappa shape index (κ3) is 2.68. The second-order valence-corrected chi connectivity index (χ2v) is 5.32. The number of benzene rings is 1. The summed E-state index contributed by atoms with van der Waals surface area (Å²) in [6, 6.07) is 6.47. The van der Waals surface area contributed by atoms with E-state index in [1.807, 2.05) is 0 Å². The number of nitrogens with one attached hydrogen (secondary N) is 2. The van der Waals surface area contributed by atoms with Gasteiger partial charge in [-0.05, 0) is 56.4 Å². The Labute approximate surface area is 109 Å². The second kappa shape index (κ2) is 5.72. The average molecular weight is 246 g/mol. The Balaban J connectivity index is 1.65. The lowest BCUT2D eigenvalue weighted by Crippen LogP contribution is -2.31. The summed E-state index contributed by atoms with van der Waals surface area (Å²) >= 11 is 0. The summed E-state index contributed by atoms with van der Waals surface area (Å²) in [5.74, 6) is 1.82. The topological polar surface area (TPSA) is 33.3 Å². The molecule has 0 unspecified atom stereocenters. The molecule has 0 atom stereocenters. The quantitative estimate of drug-likeness (QED) is 0.852. The van der Waals surface area contributed by atoms with Gasteiger partial charge in [0.2, 0.25) is 0 Å². The van der Waals surface area contributed by atoms with Gasteiger partial charge in [0, 0.05) is 12.1 Å². The summed E-state index contributed by atoms with van der Waals surface area (Å²) < 4.78 is 6.08. The molecule has 2 heterocycles. The predicted octanol–water partition coefficient (Wildman–Crippen LogP) is 1.71. The van der Waals surface area contributed by atoms with Crippen LogP contribution in [-0.2, 0) is 13.0 Å². The van der Waals surface area contributed by atoms with Crippen LogP contribution in [0.15, 0.2) is 18.2 Å². The SMILES string of the molecule is c1cc2c(c(OCC3CCNCC3)c1)CNCC2. The molecule has 0 aromatic heterocycles. The summed E-state index contributed by atoms with van der Waals surface area (Å²) in [6.07, 6.45) is 3.61. The molecule has 1 aromatic rings. The zero-order chi connectivity index (χ0) is 12.2. The largest absolute Gasteiger partial charge is 0.493 e. The zero-order valence-corrected chi connectivity index (χ0v) is 10.9. The van der Waals surface area contributed by atoms with Crippen LogP contribution in [0.5, 0.6) is 5.75 Å². The minimum absolute atomic E-state index is 0.721. The summed E-state index contributed by atoms with van der Waals surface area (Å²) in [5.41, 5.74) is 2.83. The van der Waals surface area contributed by atoms with Crippen molar-refractivity contribution in [1.82, 2.24) is 10.6 Å². The van der Waals surface area contributed by atoms with E-state index < -0.39 is 0 Å². The van der Waals surface area contributed by atoms with Crippen molar-refractivity contribution in [1.29, 1.82) is 0 Å². The monoisotopic (exact) mass is 246 g/mol. The van der Waals surface area contributed by atoms with Gasteiger partial charge in [-0.1, -0.05) is 12.1 Å². The van der Waals surface area contributed by atoms with E-state index in [1.165, 1.54) is 24.0 Å². The Kier molecular flexibility index (Phi) is 3.81. The lowest BCUT2D eigenvalue weighted by Gasteiger charge is -2.25. The third-order valence-electron chi connectivity index (χ3n) is 4.04. The van der Waals surface area contributed by atoms with Crippen LogP contribution in [0, 0.1) is 5.92 Å². The fraction of sp³-hybridized carbons (Fsp3) is 0.600. The van der Waals surface area contributed by atoms with Gasteiger partial charge in [0.25, 0.3) is 0 Å². The summed E-state index contributed by atoms with van der Waals surface area (Å²) in [7, 11) is 0. The molecule has 2 aliphatic heterocycles. The van der Waals surface area contributed by atoms with Crippen LogP contribution in [-0.4, -0.2) is 26.2 Å². The molecule has 3 rings (SSSR count). The first-order valence-electron chi connectivity index (χ1n) is 7.08. The molecule has 2 aliphatic rings. The maximum Gasteiger partial charge on any atom is 0.124 e. The molecule has 1 aromatic carbocycles. The summed E-state index contributed by atoms with van der Waals surface area (Å²) in [6.45, 7) is 5.20. The van der Waals surface area contributed by atoms with Crippen molar-refractivity contribution in [2.75, 3.05) is 26.2 Å². The Bertz CT molecular complexity index is 399. The maximum atomic E-state index is 6.08. The average Bonchev–Trinajstić information content (AvgIpc) is 2.46. The fourth-order valence-corrected chi connectivity index (χ4v) is 2.87. The molecule has 1 fully saturated rings. The first-order valence-corrected chi connectivity index (χ1v) is 7.08. The van der Waals surface area contributed by atoms with Gasteiger partial charge in [-0.2, -0.15) is 0 Å². The molecule has 0 bridgehead atoms. The van der Waals surface area contributed by atoms with Crippen LogP contribution in [0.4, 0.5) is 0 Å². The van der Waals surface area contributed by atoms with E-state index in [1.54, 1.807) is 0 Å².